The number of ether oxygens (including phenoxy) is 1. The molecule has 0 bridgehead atoms. The third-order valence-corrected chi connectivity index (χ3v) is 6.23. The molecule has 0 unspecified atom stereocenters. The molecular weight excluding hydrogens is 418 g/mol. The highest BCUT2D eigenvalue weighted by Crippen LogP contribution is 2.33. The molecule has 0 aliphatic rings. The van der Waals surface area contributed by atoms with Crippen LogP contribution in [0.25, 0.3) is 10.2 Å². The zero-order valence-electron chi connectivity index (χ0n) is 18.7. The average molecular weight is 446 g/mol. The van der Waals surface area contributed by atoms with Crippen LogP contribution >= 0.6 is 11.3 Å². The van der Waals surface area contributed by atoms with Crippen LogP contribution in [0.1, 0.15) is 46.9 Å². The van der Waals surface area contributed by atoms with Crippen LogP contribution in [0.15, 0.2) is 60.8 Å². The van der Waals surface area contributed by atoms with Gasteiger partial charge in [0.25, 0.3) is 5.91 Å². The van der Waals surface area contributed by atoms with Gasteiger partial charge < -0.3 is 4.74 Å². The summed E-state index contributed by atoms with van der Waals surface area (Å²) >= 11 is 1.53. The molecule has 0 atom stereocenters. The molecule has 6 heteroatoms. The van der Waals surface area contributed by atoms with Crippen molar-refractivity contribution in [2.45, 2.75) is 40.2 Å². The second-order valence-corrected chi connectivity index (χ2v) is 8.87. The highest BCUT2D eigenvalue weighted by molar-refractivity contribution is 7.22. The normalized spacial score (nSPS) is 11.0. The molecule has 0 saturated carbocycles. The Morgan fingerprint density at radius 3 is 2.62 bits per heavy atom. The number of rotatable bonds is 8. The van der Waals surface area contributed by atoms with Gasteiger partial charge in [0, 0.05) is 11.8 Å². The number of nitrogens with zero attached hydrogens (tertiary/aromatic N) is 3. The van der Waals surface area contributed by atoms with Gasteiger partial charge in [-0.3, -0.25) is 14.7 Å². The second kappa shape index (κ2) is 9.92. The number of benzene rings is 2. The van der Waals surface area contributed by atoms with Crippen molar-refractivity contribution in [1.82, 2.24) is 9.97 Å². The van der Waals surface area contributed by atoms with Crippen LogP contribution < -0.4 is 9.64 Å². The summed E-state index contributed by atoms with van der Waals surface area (Å²) in [6.45, 7) is 7.30. The fraction of sp³-hybridized carbons (Fsp3) is 0.269. The van der Waals surface area contributed by atoms with Crippen molar-refractivity contribution < 1.29 is 9.53 Å². The Hall–Kier alpha value is -3.25. The van der Waals surface area contributed by atoms with Gasteiger partial charge in [-0.25, -0.2) is 4.98 Å². The zero-order chi connectivity index (χ0) is 22.5. The summed E-state index contributed by atoms with van der Waals surface area (Å²) in [5, 5.41) is 0.674. The first-order valence-electron chi connectivity index (χ1n) is 10.9. The van der Waals surface area contributed by atoms with Crippen molar-refractivity contribution in [2.75, 3.05) is 11.5 Å². The fourth-order valence-electron chi connectivity index (χ4n) is 3.54. The van der Waals surface area contributed by atoms with Crippen LogP contribution in [-0.4, -0.2) is 22.5 Å². The summed E-state index contributed by atoms with van der Waals surface area (Å²) in [6, 6.07) is 17.3. The first-order chi connectivity index (χ1) is 15.5. The Labute approximate surface area is 192 Å². The quantitative estimate of drug-likeness (QED) is 0.297. The first kappa shape index (κ1) is 22.0. The lowest BCUT2D eigenvalue weighted by Gasteiger charge is -2.20. The standard InChI is InChI=1S/C26H27N3O2S/c1-4-5-14-31-22-11-9-20(10-12-22)25(30)29(17-21-8-6-7-13-27-21)26-28-24-19(3)15-18(2)16-23(24)32-26/h6-13,15-16H,4-5,14,17H2,1-3H3. The van der Waals surface area contributed by atoms with Crippen LogP contribution in [0.2, 0.25) is 0 Å². The Morgan fingerprint density at radius 1 is 1.09 bits per heavy atom. The number of hydrogen-bond acceptors (Lipinski definition) is 5. The van der Waals surface area contributed by atoms with E-state index in [1.807, 2.05) is 42.5 Å². The summed E-state index contributed by atoms with van der Waals surface area (Å²) in [6.07, 6.45) is 3.83. The molecule has 0 aliphatic carbocycles. The molecule has 2 aromatic heterocycles. The molecule has 2 heterocycles. The fourth-order valence-corrected chi connectivity index (χ4v) is 4.68. The number of carbonyl (C=O) groups is 1. The maximum Gasteiger partial charge on any atom is 0.260 e. The number of aromatic nitrogens is 2. The Balaban J connectivity index is 1.66. The minimum absolute atomic E-state index is 0.107. The molecule has 0 radical (unpaired) electrons. The summed E-state index contributed by atoms with van der Waals surface area (Å²) in [7, 11) is 0. The number of anilines is 1. The van der Waals surface area contributed by atoms with Gasteiger partial charge in [-0.2, -0.15) is 0 Å². The molecule has 4 aromatic rings. The van der Waals surface area contributed by atoms with E-state index in [9.17, 15) is 4.79 Å². The first-order valence-corrected chi connectivity index (χ1v) is 11.7. The van der Waals surface area contributed by atoms with Crippen LogP contribution in [0.5, 0.6) is 5.75 Å². The zero-order valence-corrected chi connectivity index (χ0v) is 19.5. The number of fused-ring (bicyclic) bond motifs is 1. The summed E-state index contributed by atoms with van der Waals surface area (Å²) in [5.41, 5.74) is 4.64. The monoisotopic (exact) mass is 445 g/mol. The van der Waals surface area contributed by atoms with Crippen molar-refractivity contribution in [2.24, 2.45) is 0 Å². The van der Waals surface area contributed by atoms with Gasteiger partial charge in [0.15, 0.2) is 5.13 Å². The maximum atomic E-state index is 13.6. The average Bonchev–Trinajstić information content (AvgIpc) is 3.22. The number of hydrogen-bond donors (Lipinski definition) is 0. The van der Waals surface area contributed by atoms with Gasteiger partial charge in [-0.15, -0.1) is 0 Å². The topological polar surface area (TPSA) is 55.3 Å². The van der Waals surface area contributed by atoms with Gasteiger partial charge in [-0.1, -0.05) is 36.8 Å². The van der Waals surface area contributed by atoms with Crippen LogP contribution in [0.4, 0.5) is 5.13 Å². The van der Waals surface area contributed by atoms with E-state index in [1.165, 1.54) is 16.9 Å². The van der Waals surface area contributed by atoms with E-state index in [4.69, 9.17) is 9.72 Å². The van der Waals surface area contributed by atoms with Gasteiger partial charge in [-0.05, 0) is 73.9 Å². The SMILES string of the molecule is CCCCOc1ccc(C(=O)N(Cc2ccccn2)c2nc3c(C)cc(C)cc3s2)cc1. The molecule has 4 rings (SSSR count). The molecule has 1 amide bonds. The summed E-state index contributed by atoms with van der Waals surface area (Å²) in [5.74, 6) is 0.668. The van der Waals surface area contributed by atoms with E-state index in [0.29, 0.717) is 23.8 Å². The molecule has 164 valence electrons. The van der Waals surface area contributed by atoms with E-state index in [0.717, 1.165) is 40.1 Å². The van der Waals surface area contributed by atoms with E-state index in [2.05, 4.69) is 37.9 Å². The van der Waals surface area contributed by atoms with E-state index in [1.54, 1.807) is 11.1 Å². The highest BCUT2D eigenvalue weighted by atomic mass is 32.1. The van der Waals surface area contributed by atoms with Crippen molar-refractivity contribution in [3.05, 3.63) is 83.2 Å². The molecule has 5 nitrogen and oxygen atoms in total. The Morgan fingerprint density at radius 2 is 1.91 bits per heavy atom. The number of pyridine rings is 1. The lowest BCUT2D eigenvalue weighted by molar-refractivity contribution is 0.0984. The molecule has 32 heavy (non-hydrogen) atoms. The number of carbonyl (C=O) groups excluding carboxylic acids is 1. The summed E-state index contributed by atoms with van der Waals surface area (Å²) in [4.78, 5) is 24.6. The van der Waals surface area contributed by atoms with E-state index in [-0.39, 0.29) is 5.91 Å². The van der Waals surface area contributed by atoms with E-state index >= 15 is 0 Å². The van der Waals surface area contributed by atoms with Crippen molar-refractivity contribution in [3.63, 3.8) is 0 Å². The molecular formula is C26H27N3O2S. The third kappa shape index (κ3) is 4.97. The lowest BCUT2D eigenvalue weighted by Crippen LogP contribution is -2.30. The number of unbranched alkanes of at least 4 members (excludes halogenated alkanes) is 1. The lowest BCUT2D eigenvalue weighted by atomic mass is 10.1. The molecule has 0 saturated heterocycles. The predicted octanol–water partition coefficient (Wildman–Crippen LogP) is 6.33. The number of aryl methyl sites for hydroxylation is 2. The van der Waals surface area contributed by atoms with Crippen molar-refractivity contribution in [1.29, 1.82) is 0 Å². The summed E-state index contributed by atoms with van der Waals surface area (Å²) < 4.78 is 6.82. The van der Waals surface area contributed by atoms with Gasteiger partial charge in [0.1, 0.15) is 5.75 Å². The van der Waals surface area contributed by atoms with Crippen LogP contribution in [0, 0.1) is 13.8 Å². The van der Waals surface area contributed by atoms with Crippen LogP contribution in [0.3, 0.4) is 0 Å². The predicted molar refractivity (Wildman–Crippen MR) is 131 cm³/mol. The molecule has 0 N–H and O–H groups in total. The van der Waals surface area contributed by atoms with Gasteiger partial charge >= 0.3 is 0 Å². The van der Waals surface area contributed by atoms with Crippen LogP contribution in [-0.2, 0) is 6.54 Å². The number of thiazole rings is 1. The number of amides is 1. The highest BCUT2D eigenvalue weighted by Gasteiger charge is 2.23. The smallest absolute Gasteiger partial charge is 0.260 e. The maximum absolute atomic E-state index is 13.6. The molecule has 0 spiro atoms. The molecule has 2 aromatic carbocycles. The van der Waals surface area contributed by atoms with Crippen molar-refractivity contribution >= 4 is 32.6 Å². The largest absolute Gasteiger partial charge is 0.494 e. The third-order valence-electron chi connectivity index (χ3n) is 5.21. The Kier molecular flexibility index (Phi) is 6.81. The molecule has 0 aliphatic heterocycles. The molecule has 0 fully saturated rings. The minimum atomic E-state index is -0.107. The Bertz CT molecular complexity index is 1200. The minimum Gasteiger partial charge on any atom is -0.494 e. The van der Waals surface area contributed by atoms with Crippen molar-refractivity contribution in [3.8, 4) is 5.75 Å². The van der Waals surface area contributed by atoms with Gasteiger partial charge in [0.05, 0.1) is 29.1 Å². The second-order valence-electron chi connectivity index (χ2n) is 7.86. The van der Waals surface area contributed by atoms with E-state index < -0.39 is 0 Å². The van der Waals surface area contributed by atoms with Gasteiger partial charge in [0.2, 0.25) is 0 Å².